The smallest absolute Gasteiger partial charge is 0.354 e. The Labute approximate surface area is 98.1 Å². The number of nitrogens with zero attached hydrogens (tertiary/aromatic N) is 2. The second kappa shape index (κ2) is 6.00. The van der Waals surface area contributed by atoms with Crippen molar-refractivity contribution < 1.29 is 19.8 Å². The fourth-order valence-corrected chi connectivity index (χ4v) is 1.47. The second-order valence-corrected chi connectivity index (χ2v) is 3.45. The molecule has 1 aromatic rings. The fourth-order valence-electron chi connectivity index (χ4n) is 1.47. The number of aliphatic hydroxyl groups excluding tert-OH is 1. The van der Waals surface area contributed by atoms with Gasteiger partial charge in [0.2, 0.25) is 0 Å². The molecule has 0 saturated heterocycles. The van der Waals surface area contributed by atoms with Crippen molar-refractivity contribution in [2.24, 2.45) is 0 Å². The number of nitrogens with one attached hydrogen (secondary N) is 1. The molecule has 0 aliphatic heterocycles. The van der Waals surface area contributed by atoms with E-state index in [4.69, 9.17) is 10.2 Å². The first-order valence-corrected chi connectivity index (χ1v) is 5.28. The molecule has 0 fully saturated rings. The lowest BCUT2D eigenvalue weighted by Gasteiger charge is -2.20. The summed E-state index contributed by atoms with van der Waals surface area (Å²) in [7, 11) is 0. The molecule has 0 aliphatic rings. The van der Waals surface area contributed by atoms with Gasteiger partial charge in [-0.2, -0.15) is 0 Å². The van der Waals surface area contributed by atoms with Crippen LogP contribution in [-0.4, -0.2) is 56.7 Å². The number of amides is 1. The maximum atomic E-state index is 12.0. The molecule has 0 aliphatic carbocycles. The van der Waals surface area contributed by atoms with Crippen molar-refractivity contribution in [3.05, 3.63) is 17.7 Å². The molecule has 0 aromatic carbocycles. The molecular weight excluding hydrogens is 226 g/mol. The number of H-pyrrole nitrogens is 1. The van der Waals surface area contributed by atoms with Crippen molar-refractivity contribution in [2.45, 2.75) is 13.3 Å². The Bertz CT molecular complexity index is 396. The Morgan fingerprint density at radius 2 is 2.18 bits per heavy atom. The number of rotatable bonds is 6. The zero-order valence-corrected chi connectivity index (χ0v) is 9.51. The van der Waals surface area contributed by atoms with E-state index in [0.29, 0.717) is 6.54 Å². The predicted octanol–water partition coefficient (Wildman–Crippen LogP) is -0.0476. The van der Waals surface area contributed by atoms with Gasteiger partial charge < -0.3 is 20.1 Å². The summed E-state index contributed by atoms with van der Waals surface area (Å²) < 4.78 is 0. The third kappa shape index (κ3) is 3.04. The summed E-state index contributed by atoms with van der Waals surface area (Å²) in [5, 5.41) is 17.7. The van der Waals surface area contributed by atoms with Crippen LogP contribution in [0.4, 0.5) is 0 Å². The zero-order valence-electron chi connectivity index (χ0n) is 9.51. The lowest BCUT2D eigenvalue weighted by atomic mass is 10.2. The van der Waals surface area contributed by atoms with Crippen LogP contribution in [0.2, 0.25) is 0 Å². The summed E-state index contributed by atoms with van der Waals surface area (Å²) in [6.45, 7) is 2.34. The summed E-state index contributed by atoms with van der Waals surface area (Å²) >= 11 is 0. The van der Waals surface area contributed by atoms with Gasteiger partial charge in [0.1, 0.15) is 0 Å². The molecule has 0 saturated carbocycles. The number of carboxylic acids is 1. The Morgan fingerprint density at radius 1 is 1.47 bits per heavy atom. The molecule has 7 nitrogen and oxygen atoms in total. The van der Waals surface area contributed by atoms with Gasteiger partial charge in [-0.15, -0.1) is 0 Å². The minimum absolute atomic E-state index is 0.126. The molecule has 0 spiro atoms. The topological polar surface area (TPSA) is 107 Å². The SMILES string of the molecule is CCCN(CCO)C(=O)c1nc[nH]c1C(=O)O. The number of aromatic amines is 1. The van der Waals surface area contributed by atoms with Gasteiger partial charge in [0, 0.05) is 13.1 Å². The van der Waals surface area contributed by atoms with Crippen molar-refractivity contribution >= 4 is 11.9 Å². The van der Waals surface area contributed by atoms with E-state index in [9.17, 15) is 9.59 Å². The number of imidazole rings is 1. The Balaban J connectivity index is 2.92. The highest BCUT2D eigenvalue weighted by atomic mass is 16.4. The van der Waals surface area contributed by atoms with E-state index < -0.39 is 11.9 Å². The van der Waals surface area contributed by atoms with Gasteiger partial charge in [-0.05, 0) is 6.42 Å². The number of aromatic carboxylic acids is 1. The van der Waals surface area contributed by atoms with Gasteiger partial charge >= 0.3 is 5.97 Å². The summed E-state index contributed by atoms with van der Waals surface area (Å²) in [5.74, 6) is -1.72. The summed E-state index contributed by atoms with van der Waals surface area (Å²) in [6, 6.07) is 0. The molecule has 0 bridgehead atoms. The van der Waals surface area contributed by atoms with E-state index in [2.05, 4.69) is 9.97 Å². The average Bonchev–Trinajstić information content (AvgIpc) is 2.76. The van der Waals surface area contributed by atoms with Crippen molar-refractivity contribution in [1.29, 1.82) is 0 Å². The van der Waals surface area contributed by atoms with Crippen LogP contribution in [0.25, 0.3) is 0 Å². The standard InChI is InChI=1S/C10H15N3O4/c1-2-3-13(4-5-14)9(15)7-8(10(16)17)12-6-11-7/h6,14H,2-5H2,1H3,(H,11,12)(H,16,17). The normalized spacial score (nSPS) is 10.2. The van der Waals surface area contributed by atoms with Crippen LogP contribution in [0, 0.1) is 0 Å². The highest BCUT2D eigenvalue weighted by Gasteiger charge is 2.23. The van der Waals surface area contributed by atoms with Crippen LogP contribution in [-0.2, 0) is 0 Å². The van der Waals surface area contributed by atoms with Crippen LogP contribution < -0.4 is 0 Å². The van der Waals surface area contributed by atoms with Crippen molar-refractivity contribution in [1.82, 2.24) is 14.9 Å². The van der Waals surface area contributed by atoms with Crippen LogP contribution in [0.5, 0.6) is 0 Å². The molecule has 3 N–H and O–H groups in total. The van der Waals surface area contributed by atoms with E-state index in [1.807, 2.05) is 6.92 Å². The van der Waals surface area contributed by atoms with E-state index >= 15 is 0 Å². The predicted molar refractivity (Wildman–Crippen MR) is 58.8 cm³/mol. The Hall–Kier alpha value is -1.89. The van der Waals surface area contributed by atoms with Gasteiger partial charge in [-0.25, -0.2) is 9.78 Å². The third-order valence-electron chi connectivity index (χ3n) is 2.21. The largest absolute Gasteiger partial charge is 0.477 e. The molecule has 17 heavy (non-hydrogen) atoms. The third-order valence-corrected chi connectivity index (χ3v) is 2.21. The second-order valence-electron chi connectivity index (χ2n) is 3.45. The summed E-state index contributed by atoms with van der Waals surface area (Å²) in [6.07, 6.45) is 1.89. The molecule has 1 heterocycles. The number of aliphatic hydroxyl groups is 1. The van der Waals surface area contributed by atoms with E-state index in [1.54, 1.807) is 0 Å². The van der Waals surface area contributed by atoms with Gasteiger partial charge in [0.25, 0.3) is 5.91 Å². The maximum absolute atomic E-state index is 12.0. The minimum Gasteiger partial charge on any atom is -0.477 e. The van der Waals surface area contributed by atoms with Crippen molar-refractivity contribution in [2.75, 3.05) is 19.7 Å². The number of carbonyl (C=O) groups is 2. The molecule has 0 unspecified atom stereocenters. The highest BCUT2D eigenvalue weighted by molar-refractivity contribution is 6.02. The lowest BCUT2D eigenvalue weighted by Crippen LogP contribution is -2.35. The number of carbonyl (C=O) groups excluding carboxylic acids is 1. The maximum Gasteiger partial charge on any atom is 0.354 e. The summed E-state index contributed by atoms with van der Waals surface area (Å²) in [4.78, 5) is 30.3. The van der Waals surface area contributed by atoms with Gasteiger partial charge in [0.05, 0.1) is 12.9 Å². The molecule has 0 radical (unpaired) electrons. The fraction of sp³-hybridized carbons (Fsp3) is 0.500. The average molecular weight is 241 g/mol. The van der Waals surface area contributed by atoms with Crippen LogP contribution in [0.1, 0.15) is 34.3 Å². The molecule has 1 rings (SSSR count). The first-order chi connectivity index (χ1) is 8.11. The van der Waals surface area contributed by atoms with Crippen LogP contribution in [0.3, 0.4) is 0 Å². The van der Waals surface area contributed by atoms with Crippen molar-refractivity contribution in [3.8, 4) is 0 Å². The minimum atomic E-state index is -1.23. The monoisotopic (exact) mass is 241 g/mol. The Kier molecular flexibility index (Phi) is 4.65. The molecule has 7 heteroatoms. The Morgan fingerprint density at radius 3 is 2.71 bits per heavy atom. The quantitative estimate of drug-likeness (QED) is 0.647. The van der Waals surface area contributed by atoms with E-state index in [0.717, 1.165) is 6.42 Å². The number of hydrogen-bond acceptors (Lipinski definition) is 4. The number of aromatic nitrogens is 2. The van der Waals surface area contributed by atoms with Gasteiger partial charge in [0.15, 0.2) is 11.4 Å². The molecule has 1 amide bonds. The van der Waals surface area contributed by atoms with E-state index in [1.165, 1.54) is 11.2 Å². The van der Waals surface area contributed by atoms with Crippen molar-refractivity contribution in [3.63, 3.8) is 0 Å². The first kappa shape index (κ1) is 13.2. The zero-order chi connectivity index (χ0) is 12.8. The van der Waals surface area contributed by atoms with Gasteiger partial charge in [-0.1, -0.05) is 6.92 Å². The molecule has 94 valence electrons. The first-order valence-electron chi connectivity index (χ1n) is 5.28. The molecular formula is C10H15N3O4. The van der Waals surface area contributed by atoms with E-state index in [-0.39, 0.29) is 24.5 Å². The lowest BCUT2D eigenvalue weighted by molar-refractivity contribution is 0.0660. The number of carboxylic acid groups (broad SMARTS) is 1. The highest BCUT2D eigenvalue weighted by Crippen LogP contribution is 2.07. The summed E-state index contributed by atoms with van der Waals surface area (Å²) in [5.41, 5.74) is -0.353. The van der Waals surface area contributed by atoms with Crippen LogP contribution in [0.15, 0.2) is 6.33 Å². The van der Waals surface area contributed by atoms with Crippen LogP contribution >= 0.6 is 0 Å². The molecule has 0 atom stereocenters. The molecule has 1 aromatic heterocycles. The number of hydrogen-bond donors (Lipinski definition) is 3. The van der Waals surface area contributed by atoms with Gasteiger partial charge in [-0.3, -0.25) is 4.79 Å².